The Bertz CT molecular complexity index is 1210. The van der Waals surface area contributed by atoms with Crippen LogP contribution in [0.2, 0.25) is 0 Å². The zero-order chi connectivity index (χ0) is 27.4. The predicted molar refractivity (Wildman–Crippen MR) is 148 cm³/mol. The molecule has 3 N–H and O–H groups in total. The number of aromatic nitrogens is 2. The number of fused-ring (bicyclic) bond motifs is 2. The molecule has 3 aliphatic heterocycles. The second kappa shape index (κ2) is 9.82. The molecular weight excluding hydrogens is 496 g/mol. The van der Waals surface area contributed by atoms with Gasteiger partial charge in [0, 0.05) is 44.8 Å². The lowest BCUT2D eigenvalue weighted by Gasteiger charge is -2.55. The fraction of sp³-hybridized carbons (Fsp3) is 0.621. The largest absolute Gasteiger partial charge is 0.507 e. The van der Waals surface area contributed by atoms with Gasteiger partial charge >= 0.3 is 6.09 Å². The quantitative estimate of drug-likeness (QED) is 0.607. The van der Waals surface area contributed by atoms with E-state index >= 15 is 0 Å². The van der Waals surface area contributed by atoms with E-state index in [0.717, 1.165) is 38.4 Å². The topological polar surface area (TPSA) is 117 Å². The summed E-state index contributed by atoms with van der Waals surface area (Å²) in [6, 6.07) is 9.15. The minimum Gasteiger partial charge on any atom is -0.507 e. The minimum absolute atomic E-state index is 0.185. The van der Waals surface area contributed by atoms with E-state index in [0.29, 0.717) is 54.5 Å². The van der Waals surface area contributed by atoms with Crippen molar-refractivity contribution in [3.05, 3.63) is 30.3 Å². The van der Waals surface area contributed by atoms with E-state index in [9.17, 15) is 9.90 Å². The van der Waals surface area contributed by atoms with E-state index in [1.807, 2.05) is 43.9 Å². The Balaban J connectivity index is 1.07. The molecule has 0 radical (unpaired) electrons. The zero-order valence-corrected chi connectivity index (χ0v) is 23.2. The highest BCUT2D eigenvalue weighted by molar-refractivity contribution is 5.74. The SMILES string of the molecule is CC(C)(C)OC(=O)N1CCOC2(CN(CC3C4CCC3CN(c3cc(-c5ccccc5O)nnc3N)C4)C2)C1. The van der Waals surface area contributed by atoms with Crippen LogP contribution in [0.5, 0.6) is 5.75 Å². The lowest BCUT2D eigenvalue weighted by molar-refractivity contribution is -0.184. The summed E-state index contributed by atoms with van der Waals surface area (Å²) in [6.07, 6.45) is 2.20. The van der Waals surface area contributed by atoms with E-state index in [4.69, 9.17) is 15.2 Å². The lowest BCUT2D eigenvalue weighted by Crippen LogP contribution is -2.71. The van der Waals surface area contributed by atoms with Crippen LogP contribution in [-0.2, 0) is 9.47 Å². The first-order valence-corrected chi connectivity index (χ1v) is 14.1. The highest BCUT2D eigenvalue weighted by atomic mass is 16.6. The summed E-state index contributed by atoms with van der Waals surface area (Å²) in [4.78, 5) is 19.3. The number of likely N-dealkylation sites (tertiary alicyclic amines) is 1. The Morgan fingerprint density at radius 3 is 2.56 bits per heavy atom. The van der Waals surface area contributed by atoms with Crippen molar-refractivity contribution in [2.45, 2.75) is 44.8 Å². The van der Waals surface area contributed by atoms with Gasteiger partial charge in [0.05, 0.1) is 24.5 Å². The summed E-state index contributed by atoms with van der Waals surface area (Å²) in [5, 5.41) is 18.8. The van der Waals surface area contributed by atoms with Crippen molar-refractivity contribution in [3.63, 3.8) is 0 Å². The normalized spacial score (nSPS) is 26.5. The van der Waals surface area contributed by atoms with E-state index in [1.165, 1.54) is 12.8 Å². The van der Waals surface area contributed by atoms with Crippen LogP contribution in [0.3, 0.4) is 0 Å². The van der Waals surface area contributed by atoms with E-state index < -0.39 is 5.60 Å². The van der Waals surface area contributed by atoms with Gasteiger partial charge in [-0.05, 0) is 69.6 Å². The second-order valence-electron chi connectivity index (χ2n) is 12.8. The molecule has 1 aromatic carbocycles. The molecule has 2 aromatic rings. The molecule has 6 rings (SSSR count). The highest BCUT2D eigenvalue weighted by Gasteiger charge is 2.51. The number of morpholine rings is 1. The van der Waals surface area contributed by atoms with Crippen molar-refractivity contribution in [2.75, 3.05) is 63.1 Å². The van der Waals surface area contributed by atoms with Crippen LogP contribution in [-0.4, -0.2) is 94.8 Å². The van der Waals surface area contributed by atoms with Crippen LogP contribution in [0.4, 0.5) is 16.3 Å². The Morgan fingerprint density at radius 1 is 1.15 bits per heavy atom. The Hall–Kier alpha value is -3.11. The first-order chi connectivity index (χ1) is 18.6. The molecule has 2 bridgehead atoms. The van der Waals surface area contributed by atoms with Gasteiger partial charge in [0.15, 0.2) is 5.82 Å². The number of amides is 1. The molecule has 4 aliphatic rings. The number of hydrogen-bond donors (Lipinski definition) is 2. The summed E-state index contributed by atoms with van der Waals surface area (Å²) in [6.45, 7) is 12.1. The van der Waals surface area contributed by atoms with E-state index in [2.05, 4.69) is 20.0 Å². The number of hydrogen-bond acceptors (Lipinski definition) is 9. The fourth-order valence-corrected chi connectivity index (χ4v) is 7.01. The zero-order valence-electron chi connectivity index (χ0n) is 23.2. The molecule has 4 heterocycles. The lowest BCUT2D eigenvalue weighted by atomic mass is 9.82. The molecule has 39 heavy (non-hydrogen) atoms. The van der Waals surface area contributed by atoms with Crippen LogP contribution in [0.1, 0.15) is 33.6 Å². The number of rotatable bonds is 4. The molecule has 1 aromatic heterocycles. The van der Waals surface area contributed by atoms with Gasteiger partial charge < -0.3 is 30.1 Å². The Kier molecular flexibility index (Phi) is 6.58. The van der Waals surface area contributed by atoms with Crippen LogP contribution >= 0.6 is 0 Å². The summed E-state index contributed by atoms with van der Waals surface area (Å²) in [5.74, 6) is 2.43. The predicted octanol–water partition coefficient (Wildman–Crippen LogP) is 3.22. The number of phenolic OH excluding ortho intramolecular Hbond substituents is 1. The van der Waals surface area contributed by atoms with E-state index in [-0.39, 0.29) is 17.4 Å². The number of anilines is 2. The van der Waals surface area contributed by atoms with Crippen molar-refractivity contribution >= 4 is 17.6 Å². The average Bonchev–Trinajstić information content (AvgIpc) is 3.09. The maximum absolute atomic E-state index is 12.6. The van der Waals surface area contributed by atoms with Crippen LogP contribution in [0, 0.1) is 17.8 Å². The number of phenols is 1. The molecule has 1 spiro atoms. The molecule has 4 fully saturated rings. The molecule has 1 amide bonds. The number of ether oxygens (including phenoxy) is 2. The van der Waals surface area contributed by atoms with Gasteiger partial charge in [0.2, 0.25) is 0 Å². The molecule has 3 saturated heterocycles. The third-order valence-electron chi connectivity index (χ3n) is 8.74. The molecular formula is C29H40N6O4. The monoisotopic (exact) mass is 536 g/mol. The second-order valence-corrected chi connectivity index (χ2v) is 12.8. The number of carbonyl (C=O) groups is 1. The van der Waals surface area contributed by atoms with Crippen LogP contribution < -0.4 is 10.6 Å². The summed E-state index contributed by atoms with van der Waals surface area (Å²) in [7, 11) is 0. The van der Waals surface area contributed by atoms with Gasteiger partial charge in [-0.25, -0.2) is 4.79 Å². The van der Waals surface area contributed by atoms with Crippen molar-refractivity contribution in [2.24, 2.45) is 17.8 Å². The molecule has 1 aliphatic carbocycles. The summed E-state index contributed by atoms with van der Waals surface area (Å²) < 4.78 is 11.8. The summed E-state index contributed by atoms with van der Waals surface area (Å²) in [5.41, 5.74) is 7.72. The van der Waals surface area contributed by atoms with Gasteiger partial charge in [0.25, 0.3) is 0 Å². The maximum Gasteiger partial charge on any atom is 0.410 e. The van der Waals surface area contributed by atoms with Gasteiger partial charge in [-0.3, -0.25) is 4.90 Å². The van der Waals surface area contributed by atoms with Crippen molar-refractivity contribution < 1.29 is 19.4 Å². The first-order valence-electron chi connectivity index (χ1n) is 14.1. The molecule has 10 nitrogen and oxygen atoms in total. The number of piperidine rings is 1. The van der Waals surface area contributed by atoms with Crippen LogP contribution in [0.15, 0.2) is 30.3 Å². The number of benzene rings is 1. The standard InChI is InChI=1S/C29H40N6O4/c1-28(2,3)39-27(37)34-10-11-38-29(18-34)16-33(17-29)15-22-19-8-9-20(22)14-35(13-19)24-12-23(31-32-26(24)30)21-6-4-5-7-25(21)36/h4-7,12,19-20,22,36H,8-11,13-18H2,1-3H3,(H2,30,32). The number of nitrogens with zero attached hydrogens (tertiary/aromatic N) is 5. The third kappa shape index (κ3) is 5.24. The number of nitrogens with two attached hydrogens (primary N) is 1. The molecule has 2 atom stereocenters. The number of para-hydroxylation sites is 1. The Morgan fingerprint density at radius 2 is 1.87 bits per heavy atom. The smallest absolute Gasteiger partial charge is 0.410 e. The molecule has 2 unspecified atom stereocenters. The highest BCUT2D eigenvalue weighted by Crippen LogP contribution is 2.46. The molecule has 1 saturated carbocycles. The minimum atomic E-state index is -0.496. The van der Waals surface area contributed by atoms with E-state index in [1.54, 1.807) is 12.1 Å². The van der Waals surface area contributed by atoms with Crippen molar-refractivity contribution in [1.82, 2.24) is 20.0 Å². The average molecular weight is 537 g/mol. The Labute approximate surface area is 230 Å². The number of nitrogen functional groups attached to an aromatic ring is 1. The fourth-order valence-electron chi connectivity index (χ4n) is 7.01. The maximum atomic E-state index is 12.6. The third-order valence-corrected chi connectivity index (χ3v) is 8.74. The number of carbonyl (C=O) groups excluding carboxylic acids is 1. The van der Waals surface area contributed by atoms with Gasteiger partial charge in [-0.1, -0.05) is 12.1 Å². The number of aromatic hydroxyl groups is 1. The first kappa shape index (κ1) is 26.1. The molecule has 210 valence electrons. The van der Waals surface area contributed by atoms with Gasteiger partial charge in [-0.15, -0.1) is 10.2 Å². The van der Waals surface area contributed by atoms with Crippen molar-refractivity contribution in [1.29, 1.82) is 0 Å². The van der Waals surface area contributed by atoms with Gasteiger partial charge in [0.1, 0.15) is 17.0 Å². The van der Waals surface area contributed by atoms with Crippen LogP contribution in [0.25, 0.3) is 11.3 Å². The molecule has 10 heteroatoms. The van der Waals surface area contributed by atoms with Crippen molar-refractivity contribution in [3.8, 4) is 17.0 Å². The van der Waals surface area contributed by atoms with Gasteiger partial charge in [-0.2, -0.15) is 0 Å². The summed E-state index contributed by atoms with van der Waals surface area (Å²) >= 11 is 0.